The van der Waals surface area contributed by atoms with E-state index in [-0.39, 0.29) is 0 Å². The minimum absolute atomic E-state index is 0.624. The molecular formula is C17H24N4OS. The molecule has 5 nitrogen and oxygen atoms in total. The number of methoxy groups -OCH3 is 1. The summed E-state index contributed by atoms with van der Waals surface area (Å²) in [6.45, 7) is 6.89. The van der Waals surface area contributed by atoms with Gasteiger partial charge in [-0.2, -0.15) is 0 Å². The first-order valence-electron chi connectivity index (χ1n) is 7.71. The van der Waals surface area contributed by atoms with Crippen molar-refractivity contribution < 1.29 is 4.74 Å². The molecule has 0 spiro atoms. The van der Waals surface area contributed by atoms with Gasteiger partial charge in [-0.3, -0.25) is 0 Å². The fourth-order valence-electron chi connectivity index (χ4n) is 2.14. The van der Waals surface area contributed by atoms with E-state index in [0.717, 1.165) is 23.1 Å². The van der Waals surface area contributed by atoms with Gasteiger partial charge in [0.05, 0.1) is 19.7 Å². The van der Waals surface area contributed by atoms with Crippen LogP contribution in [0.25, 0.3) is 0 Å². The van der Waals surface area contributed by atoms with Gasteiger partial charge in [-0.05, 0) is 25.0 Å². The molecule has 2 aromatic rings. The molecule has 2 N–H and O–H groups in total. The number of aryl methyl sites for hydroxylation is 1. The summed E-state index contributed by atoms with van der Waals surface area (Å²) in [6.07, 6.45) is 1.90. The topological polar surface area (TPSA) is 58.5 Å². The van der Waals surface area contributed by atoms with Gasteiger partial charge in [0.25, 0.3) is 0 Å². The van der Waals surface area contributed by atoms with Crippen LogP contribution in [0.4, 0.5) is 0 Å². The second kappa shape index (κ2) is 9.27. The third-order valence-electron chi connectivity index (χ3n) is 3.14. The van der Waals surface area contributed by atoms with E-state index < -0.39 is 0 Å². The smallest absolute Gasteiger partial charge is 0.191 e. The second-order valence-corrected chi connectivity index (χ2v) is 6.49. The van der Waals surface area contributed by atoms with Gasteiger partial charge in [0, 0.05) is 24.7 Å². The van der Waals surface area contributed by atoms with Crippen molar-refractivity contribution in [2.45, 2.75) is 33.5 Å². The molecule has 0 saturated heterocycles. The average Bonchev–Trinajstić information content (AvgIpc) is 2.96. The van der Waals surface area contributed by atoms with Crippen molar-refractivity contribution in [2.24, 2.45) is 4.99 Å². The van der Waals surface area contributed by atoms with Gasteiger partial charge >= 0.3 is 0 Å². The van der Waals surface area contributed by atoms with Crippen molar-refractivity contribution >= 4 is 17.3 Å². The standard InChI is InChI=1S/C17H24N4OS/c1-4-18-17(21-11-16-19-9-13(2)23-16)20-10-14-6-5-7-15(8-14)12-22-3/h5-9H,4,10-12H2,1-3H3,(H2,18,20,21). The van der Waals surface area contributed by atoms with Crippen LogP contribution < -0.4 is 10.6 Å². The molecule has 0 aliphatic heterocycles. The first kappa shape index (κ1) is 17.4. The highest BCUT2D eigenvalue weighted by atomic mass is 32.1. The zero-order valence-electron chi connectivity index (χ0n) is 13.9. The number of nitrogens with one attached hydrogen (secondary N) is 2. The minimum Gasteiger partial charge on any atom is -0.380 e. The van der Waals surface area contributed by atoms with E-state index in [0.29, 0.717) is 19.7 Å². The zero-order chi connectivity index (χ0) is 16.5. The summed E-state index contributed by atoms with van der Waals surface area (Å²) in [7, 11) is 1.71. The first-order valence-corrected chi connectivity index (χ1v) is 8.53. The van der Waals surface area contributed by atoms with E-state index >= 15 is 0 Å². The molecule has 23 heavy (non-hydrogen) atoms. The lowest BCUT2D eigenvalue weighted by Gasteiger charge is -2.10. The van der Waals surface area contributed by atoms with E-state index in [2.05, 4.69) is 52.7 Å². The molecule has 0 fully saturated rings. The molecule has 1 aromatic carbocycles. The molecule has 124 valence electrons. The van der Waals surface area contributed by atoms with E-state index in [1.54, 1.807) is 18.4 Å². The lowest BCUT2D eigenvalue weighted by atomic mass is 10.1. The van der Waals surface area contributed by atoms with Crippen molar-refractivity contribution in [1.29, 1.82) is 0 Å². The molecule has 0 aliphatic rings. The molecule has 6 heteroatoms. The second-order valence-electron chi connectivity index (χ2n) is 5.17. The largest absolute Gasteiger partial charge is 0.380 e. The molecule has 0 atom stereocenters. The van der Waals surface area contributed by atoms with E-state index in [1.807, 2.05) is 12.3 Å². The average molecular weight is 332 g/mol. The minimum atomic E-state index is 0.624. The number of aliphatic imine (C=N–C) groups is 1. The Morgan fingerprint density at radius 2 is 2.13 bits per heavy atom. The number of hydrogen-bond acceptors (Lipinski definition) is 4. The van der Waals surface area contributed by atoms with Crippen LogP contribution in [-0.4, -0.2) is 24.6 Å². The summed E-state index contributed by atoms with van der Waals surface area (Å²) < 4.78 is 5.17. The monoisotopic (exact) mass is 332 g/mol. The number of nitrogens with zero attached hydrogens (tertiary/aromatic N) is 2. The Labute approximate surface area is 141 Å². The Bertz CT molecular complexity index is 639. The van der Waals surface area contributed by atoms with E-state index in [4.69, 9.17) is 4.74 Å². The predicted octanol–water partition coefficient (Wildman–Crippen LogP) is 2.85. The lowest BCUT2D eigenvalue weighted by molar-refractivity contribution is 0.185. The van der Waals surface area contributed by atoms with Crippen LogP contribution in [0.3, 0.4) is 0 Å². The van der Waals surface area contributed by atoms with Crippen LogP contribution in [-0.2, 0) is 24.4 Å². The third-order valence-corrected chi connectivity index (χ3v) is 4.06. The number of ether oxygens (including phenoxy) is 1. The summed E-state index contributed by atoms with van der Waals surface area (Å²) in [6, 6.07) is 8.31. The molecule has 2 rings (SSSR count). The Morgan fingerprint density at radius 1 is 1.30 bits per heavy atom. The van der Waals surface area contributed by atoms with Crippen LogP contribution in [0.15, 0.2) is 35.5 Å². The molecule has 0 bridgehead atoms. The number of thiazole rings is 1. The number of benzene rings is 1. The lowest BCUT2D eigenvalue weighted by Crippen LogP contribution is -2.36. The van der Waals surface area contributed by atoms with E-state index in [9.17, 15) is 0 Å². The van der Waals surface area contributed by atoms with Gasteiger partial charge in [0.1, 0.15) is 5.01 Å². The summed E-state index contributed by atoms with van der Waals surface area (Å²) in [5.74, 6) is 0.803. The van der Waals surface area contributed by atoms with Crippen molar-refractivity contribution in [3.8, 4) is 0 Å². The Kier molecular flexibility index (Phi) is 7.03. The predicted molar refractivity (Wildman–Crippen MR) is 95.7 cm³/mol. The Morgan fingerprint density at radius 3 is 2.83 bits per heavy atom. The zero-order valence-corrected chi connectivity index (χ0v) is 14.7. The van der Waals surface area contributed by atoms with Crippen LogP contribution in [0.2, 0.25) is 0 Å². The third kappa shape index (κ3) is 6.00. The van der Waals surface area contributed by atoms with Gasteiger partial charge in [0.15, 0.2) is 5.96 Å². The number of rotatable bonds is 7. The maximum Gasteiger partial charge on any atom is 0.191 e. The fourth-order valence-corrected chi connectivity index (χ4v) is 2.87. The number of hydrogen-bond donors (Lipinski definition) is 2. The van der Waals surface area contributed by atoms with Gasteiger partial charge < -0.3 is 15.4 Å². The highest BCUT2D eigenvalue weighted by molar-refractivity contribution is 7.11. The highest BCUT2D eigenvalue weighted by Gasteiger charge is 2.02. The van der Waals surface area contributed by atoms with Crippen LogP contribution in [0.1, 0.15) is 27.9 Å². The molecule has 0 unspecified atom stereocenters. The Hall–Kier alpha value is -1.92. The summed E-state index contributed by atoms with van der Waals surface area (Å²) in [5, 5.41) is 7.65. The van der Waals surface area contributed by atoms with Crippen molar-refractivity contribution in [3.63, 3.8) is 0 Å². The molecule has 0 saturated carbocycles. The van der Waals surface area contributed by atoms with Crippen LogP contribution in [0, 0.1) is 6.92 Å². The van der Waals surface area contributed by atoms with Crippen molar-refractivity contribution in [3.05, 3.63) is 51.5 Å². The summed E-state index contributed by atoms with van der Waals surface area (Å²) in [5.41, 5.74) is 2.33. The fraction of sp³-hybridized carbons (Fsp3) is 0.412. The van der Waals surface area contributed by atoms with Gasteiger partial charge in [-0.1, -0.05) is 24.3 Å². The van der Waals surface area contributed by atoms with Gasteiger partial charge in [-0.25, -0.2) is 9.98 Å². The number of guanidine groups is 1. The Balaban J connectivity index is 1.96. The summed E-state index contributed by atoms with van der Waals surface area (Å²) in [4.78, 5) is 10.2. The maximum absolute atomic E-state index is 5.17. The molecule has 0 radical (unpaired) electrons. The van der Waals surface area contributed by atoms with Crippen LogP contribution in [0.5, 0.6) is 0 Å². The SMILES string of the molecule is CCNC(=NCc1cccc(COC)c1)NCc1ncc(C)s1. The molecule has 0 amide bonds. The quantitative estimate of drug-likeness (QED) is 0.605. The van der Waals surface area contributed by atoms with E-state index in [1.165, 1.54) is 10.4 Å². The normalized spacial score (nSPS) is 11.5. The molecule has 1 heterocycles. The van der Waals surface area contributed by atoms with Crippen molar-refractivity contribution in [2.75, 3.05) is 13.7 Å². The maximum atomic E-state index is 5.17. The van der Waals surface area contributed by atoms with Gasteiger partial charge in [0.2, 0.25) is 0 Å². The molecule has 0 aliphatic carbocycles. The molecule has 1 aromatic heterocycles. The molecular weight excluding hydrogens is 308 g/mol. The number of aromatic nitrogens is 1. The van der Waals surface area contributed by atoms with Gasteiger partial charge in [-0.15, -0.1) is 11.3 Å². The van der Waals surface area contributed by atoms with Crippen LogP contribution >= 0.6 is 11.3 Å². The first-order chi connectivity index (χ1) is 11.2. The van der Waals surface area contributed by atoms with Crippen molar-refractivity contribution in [1.82, 2.24) is 15.6 Å². The highest BCUT2D eigenvalue weighted by Crippen LogP contribution is 2.10. The summed E-state index contributed by atoms with van der Waals surface area (Å²) >= 11 is 1.70.